The van der Waals surface area contributed by atoms with Gasteiger partial charge in [-0.1, -0.05) is 34.8 Å². The summed E-state index contributed by atoms with van der Waals surface area (Å²) in [4.78, 5) is 16.4. The highest BCUT2D eigenvalue weighted by molar-refractivity contribution is 6.31. The second-order valence-corrected chi connectivity index (χ2v) is 6.11. The first-order chi connectivity index (χ1) is 13.5. The lowest BCUT2D eigenvalue weighted by Gasteiger charge is -2.15. The average Bonchev–Trinajstić information content (AvgIpc) is 2.69. The number of aliphatic hydroxyl groups is 1. The molecule has 2 aromatic carbocycles. The van der Waals surface area contributed by atoms with E-state index in [1.807, 2.05) is 5.48 Å². The SMILES string of the molecule is CO.CON(C)C(=O)c1ccc(Cl)cc1NO.Cc1ccc(Cl)c(C(F)(F)F)c1. The molecule has 0 aliphatic rings. The fourth-order valence-electron chi connectivity index (χ4n) is 1.90. The summed E-state index contributed by atoms with van der Waals surface area (Å²) in [5.41, 5.74) is 2.19. The van der Waals surface area contributed by atoms with Gasteiger partial charge in [-0.25, -0.2) is 5.06 Å². The quantitative estimate of drug-likeness (QED) is 0.562. The van der Waals surface area contributed by atoms with Crippen molar-refractivity contribution in [2.24, 2.45) is 0 Å². The van der Waals surface area contributed by atoms with E-state index >= 15 is 0 Å². The Kier molecular flexibility index (Phi) is 11.6. The van der Waals surface area contributed by atoms with Crippen molar-refractivity contribution in [2.75, 3.05) is 26.7 Å². The molecule has 0 radical (unpaired) electrons. The Bertz CT molecular complexity index is 805. The molecule has 0 aliphatic heterocycles. The first-order valence-corrected chi connectivity index (χ1v) is 8.56. The van der Waals surface area contributed by atoms with Crippen molar-refractivity contribution in [1.82, 2.24) is 5.06 Å². The van der Waals surface area contributed by atoms with E-state index in [1.165, 1.54) is 38.4 Å². The molecule has 0 aliphatic carbocycles. The number of carbonyl (C=O) groups excluding carboxylic acids is 1. The van der Waals surface area contributed by atoms with Gasteiger partial charge in [0.2, 0.25) is 0 Å². The third-order valence-electron chi connectivity index (χ3n) is 3.32. The second kappa shape index (κ2) is 12.5. The van der Waals surface area contributed by atoms with Crippen LogP contribution < -0.4 is 5.48 Å². The third kappa shape index (κ3) is 8.46. The topological polar surface area (TPSA) is 82.0 Å². The summed E-state index contributed by atoms with van der Waals surface area (Å²) in [5.74, 6) is -0.384. The molecule has 0 fully saturated rings. The zero-order valence-electron chi connectivity index (χ0n) is 16.0. The molecular weight excluding hydrogens is 436 g/mol. The average molecular weight is 457 g/mol. The third-order valence-corrected chi connectivity index (χ3v) is 3.88. The molecule has 1 amide bonds. The van der Waals surface area contributed by atoms with Crippen LogP contribution in [0.5, 0.6) is 0 Å². The van der Waals surface area contributed by atoms with Gasteiger partial charge in [-0.3, -0.25) is 20.3 Å². The molecule has 0 saturated heterocycles. The smallest absolute Gasteiger partial charge is 0.400 e. The fourth-order valence-corrected chi connectivity index (χ4v) is 2.30. The summed E-state index contributed by atoms with van der Waals surface area (Å²) >= 11 is 11.1. The molecule has 29 heavy (non-hydrogen) atoms. The van der Waals surface area contributed by atoms with Crippen molar-refractivity contribution in [2.45, 2.75) is 13.1 Å². The number of benzene rings is 2. The van der Waals surface area contributed by atoms with E-state index in [2.05, 4.69) is 0 Å². The number of hydroxylamine groups is 2. The Morgan fingerprint density at radius 1 is 1.14 bits per heavy atom. The number of amides is 1. The van der Waals surface area contributed by atoms with E-state index in [-0.39, 0.29) is 22.2 Å². The maximum Gasteiger partial charge on any atom is 0.417 e. The molecule has 2 rings (SSSR count). The molecule has 0 bridgehead atoms. The van der Waals surface area contributed by atoms with Crippen molar-refractivity contribution >= 4 is 34.8 Å². The molecular formula is C18H21Cl2F3N2O4. The van der Waals surface area contributed by atoms with Gasteiger partial charge in [0.15, 0.2) is 0 Å². The van der Waals surface area contributed by atoms with Crippen molar-refractivity contribution < 1.29 is 33.1 Å². The lowest BCUT2D eigenvalue weighted by atomic mass is 10.1. The van der Waals surface area contributed by atoms with Gasteiger partial charge in [0.05, 0.1) is 28.9 Å². The molecule has 0 heterocycles. The Labute approximate surface area is 176 Å². The lowest BCUT2D eigenvalue weighted by Crippen LogP contribution is -2.26. The lowest BCUT2D eigenvalue weighted by molar-refractivity contribution is -0.137. The molecule has 0 spiro atoms. The Morgan fingerprint density at radius 2 is 1.72 bits per heavy atom. The standard InChI is InChI=1S/C9H11ClN2O3.C8H6ClF3.CH4O/c1-12(15-2)9(13)7-4-3-6(10)5-8(7)11-14;1-5-2-3-7(9)6(4-5)8(10,11)12;1-2/h3-5,11,14H,1-2H3;2-4H,1H3;2H,1H3. The number of nitrogens with zero attached hydrogens (tertiary/aromatic N) is 1. The number of aliphatic hydroxyl groups excluding tert-OH is 1. The van der Waals surface area contributed by atoms with Gasteiger partial charge in [-0.05, 0) is 37.3 Å². The van der Waals surface area contributed by atoms with Gasteiger partial charge in [-0.2, -0.15) is 13.2 Å². The van der Waals surface area contributed by atoms with Gasteiger partial charge in [0, 0.05) is 19.2 Å². The van der Waals surface area contributed by atoms with Crippen LogP contribution in [0, 0.1) is 6.92 Å². The van der Waals surface area contributed by atoms with Crippen LogP contribution in [0.25, 0.3) is 0 Å². The molecule has 0 unspecified atom stereocenters. The van der Waals surface area contributed by atoms with Crippen LogP contribution in [0.2, 0.25) is 10.0 Å². The monoisotopic (exact) mass is 456 g/mol. The van der Waals surface area contributed by atoms with E-state index in [0.29, 0.717) is 10.6 Å². The maximum atomic E-state index is 12.1. The highest BCUT2D eigenvalue weighted by atomic mass is 35.5. The van der Waals surface area contributed by atoms with Crippen LogP contribution in [0.4, 0.5) is 18.9 Å². The number of aryl methyl sites for hydroxylation is 1. The van der Waals surface area contributed by atoms with Crippen LogP contribution in [0.15, 0.2) is 36.4 Å². The van der Waals surface area contributed by atoms with E-state index in [0.717, 1.165) is 18.2 Å². The van der Waals surface area contributed by atoms with E-state index in [1.54, 1.807) is 13.0 Å². The maximum absolute atomic E-state index is 12.1. The normalized spacial score (nSPS) is 10.2. The van der Waals surface area contributed by atoms with Crippen molar-refractivity contribution in [1.29, 1.82) is 0 Å². The number of nitrogens with one attached hydrogen (secondary N) is 1. The fraction of sp³-hybridized carbons (Fsp3) is 0.278. The van der Waals surface area contributed by atoms with Crippen LogP contribution >= 0.6 is 23.2 Å². The summed E-state index contributed by atoms with van der Waals surface area (Å²) in [5, 5.41) is 17.0. The van der Waals surface area contributed by atoms with Crippen molar-refractivity contribution in [3.8, 4) is 0 Å². The number of alkyl halides is 3. The molecule has 11 heteroatoms. The van der Waals surface area contributed by atoms with Gasteiger partial charge < -0.3 is 5.11 Å². The minimum absolute atomic E-state index is 0.233. The summed E-state index contributed by atoms with van der Waals surface area (Å²) in [6.45, 7) is 1.59. The van der Waals surface area contributed by atoms with Crippen molar-refractivity contribution in [3.05, 3.63) is 63.1 Å². The predicted octanol–water partition coefficient (Wildman–Crippen LogP) is 5.05. The molecule has 0 aromatic heterocycles. The van der Waals surface area contributed by atoms with Gasteiger partial charge in [0.25, 0.3) is 5.91 Å². The van der Waals surface area contributed by atoms with E-state index in [4.69, 9.17) is 38.4 Å². The van der Waals surface area contributed by atoms with Gasteiger partial charge in [0.1, 0.15) is 0 Å². The zero-order chi connectivity index (χ0) is 22.8. The van der Waals surface area contributed by atoms with E-state index in [9.17, 15) is 18.0 Å². The summed E-state index contributed by atoms with van der Waals surface area (Å²) < 4.78 is 36.4. The van der Waals surface area contributed by atoms with Crippen LogP contribution in [0.1, 0.15) is 21.5 Å². The number of hydrogen-bond donors (Lipinski definition) is 3. The molecule has 162 valence electrons. The number of carbonyl (C=O) groups is 1. The number of rotatable bonds is 3. The zero-order valence-corrected chi connectivity index (χ0v) is 17.5. The first-order valence-electron chi connectivity index (χ1n) is 7.81. The summed E-state index contributed by atoms with van der Waals surface area (Å²) in [6, 6.07) is 8.32. The van der Waals surface area contributed by atoms with Crippen LogP contribution in [-0.2, 0) is 11.0 Å². The van der Waals surface area contributed by atoms with Gasteiger partial charge in [-0.15, -0.1) is 0 Å². The predicted molar refractivity (Wildman–Crippen MR) is 105 cm³/mol. The van der Waals surface area contributed by atoms with Gasteiger partial charge >= 0.3 is 6.18 Å². The second-order valence-electron chi connectivity index (χ2n) is 5.27. The van der Waals surface area contributed by atoms with Crippen molar-refractivity contribution in [3.63, 3.8) is 0 Å². The van der Waals surface area contributed by atoms with Crippen LogP contribution in [-0.4, -0.2) is 42.6 Å². The minimum Gasteiger partial charge on any atom is -0.400 e. The Balaban J connectivity index is 0.000000508. The molecule has 2 aromatic rings. The highest BCUT2D eigenvalue weighted by Crippen LogP contribution is 2.34. The number of anilines is 1. The minimum atomic E-state index is -4.36. The molecule has 0 atom stereocenters. The Hall–Kier alpha value is -2.04. The van der Waals surface area contributed by atoms with E-state index < -0.39 is 11.7 Å². The highest BCUT2D eigenvalue weighted by Gasteiger charge is 2.32. The Morgan fingerprint density at radius 3 is 2.17 bits per heavy atom. The summed E-state index contributed by atoms with van der Waals surface area (Å²) in [7, 11) is 3.85. The summed E-state index contributed by atoms with van der Waals surface area (Å²) in [6.07, 6.45) is -4.36. The molecule has 6 nitrogen and oxygen atoms in total. The molecule has 0 saturated carbocycles. The molecule has 3 N–H and O–H groups in total. The first kappa shape index (κ1) is 27.0. The number of hydrogen-bond acceptors (Lipinski definition) is 5. The number of halogens is 5. The largest absolute Gasteiger partial charge is 0.417 e. The van der Waals surface area contributed by atoms with Crippen LogP contribution in [0.3, 0.4) is 0 Å².